The minimum atomic E-state index is 0.418. The Hall–Kier alpha value is -0.340. The Balaban J connectivity index is 2.72. The second-order valence-corrected chi connectivity index (χ2v) is 3.31. The van der Waals surface area contributed by atoms with Gasteiger partial charge in [-0.1, -0.05) is 36.5 Å². The summed E-state index contributed by atoms with van der Waals surface area (Å²) < 4.78 is 0. The number of unbranched alkanes of at least 4 members (excludes halogenated alkanes) is 1. The monoisotopic (exact) mass is 204 g/mol. The average molecular weight is 205 g/mol. The van der Waals surface area contributed by atoms with E-state index in [2.05, 4.69) is 16.9 Å². The first-order chi connectivity index (χ1) is 5.72. The summed E-state index contributed by atoms with van der Waals surface area (Å²) in [6.07, 6.45) is 3.03. The van der Waals surface area contributed by atoms with E-state index >= 15 is 0 Å². The largest absolute Gasteiger partial charge is 0.221 e. The van der Waals surface area contributed by atoms with Crippen molar-refractivity contribution in [3.05, 3.63) is 22.2 Å². The van der Waals surface area contributed by atoms with Gasteiger partial charge in [-0.05, 0) is 6.42 Å². The van der Waals surface area contributed by atoms with Gasteiger partial charge >= 0.3 is 0 Å². The number of hydrogen-bond donors (Lipinski definition) is 0. The molecule has 1 rings (SSSR count). The number of hydrogen-bond acceptors (Lipinski definition) is 2. The van der Waals surface area contributed by atoms with Crippen molar-refractivity contribution >= 4 is 23.2 Å². The average Bonchev–Trinajstić information content (AvgIpc) is 1.99. The van der Waals surface area contributed by atoms with E-state index in [1.807, 2.05) is 0 Å². The fraction of sp³-hybridized carbons (Fsp3) is 0.500. The molecule has 0 unspecified atom stereocenters. The van der Waals surface area contributed by atoms with Gasteiger partial charge in [0.2, 0.25) is 0 Å². The van der Waals surface area contributed by atoms with Crippen LogP contribution in [0.15, 0.2) is 6.07 Å². The van der Waals surface area contributed by atoms with Crippen LogP contribution in [0.5, 0.6) is 0 Å². The van der Waals surface area contributed by atoms with Gasteiger partial charge in [0.15, 0.2) is 0 Å². The third kappa shape index (κ3) is 2.95. The highest BCUT2D eigenvalue weighted by molar-refractivity contribution is 6.33. The zero-order chi connectivity index (χ0) is 8.97. The zero-order valence-electron chi connectivity index (χ0n) is 6.85. The lowest BCUT2D eigenvalue weighted by atomic mass is 10.2. The van der Waals surface area contributed by atoms with Gasteiger partial charge in [0.25, 0.3) is 0 Å². The molecule has 0 aromatic carbocycles. The van der Waals surface area contributed by atoms with E-state index in [1.165, 1.54) is 0 Å². The van der Waals surface area contributed by atoms with Crippen molar-refractivity contribution in [3.63, 3.8) is 0 Å². The van der Waals surface area contributed by atoms with Crippen LogP contribution in [-0.2, 0) is 6.42 Å². The minimum Gasteiger partial charge on any atom is -0.221 e. The fourth-order valence-electron chi connectivity index (χ4n) is 0.881. The Morgan fingerprint density at radius 3 is 2.33 bits per heavy atom. The van der Waals surface area contributed by atoms with E-state index in [9.17, 15) is 0 Å². The molecule has 4 heteroatoms. The summed E-state index contributed by atoms with van der Waals surface area (Å²) in [6, 6.07) is 1.54. The first kappa shape index (κ1) is 9.75. The standard InChI is InChI=1S/C8H10Cl2N2/c1-2-3-4-8-11-6(9)5-7(10)12-8/h5H,2-4H2,1H3. The number of rotatable bonds is 3. The van der Waals surface area contributed by atoms with E-state index in [-0.39, 0.29) is 0 Å². The van der Waals surface area contributed by atoms with Crippen LogP contribution in [0.2, 0.25) is 10.3 Å². The van der Waals surface area contributed by atoms with Gasteiger partial charge in [0.05, 0.1) is 0 Å². The van der Waals surface area contributed by atoms with Crippen LogP contribution < -0.4 is 0 Å². The molecule has 0 amide bonds. The van der Waals surface area contributed by atoms with Gasteiger partial charge in [0, 0.05) is 12.5 Å². The SMILES string of the molecule is CCCCc1nc(Cl)cc(Cl)n1. The Morgan fingerprint density at radius 2 is 1.83 bits per heavy atom. The van der Waals surface area contributed by atoms with Gasteiger partial charge in [-0.2, -0.15) is 0 Å². The molecule has 0 fully saturated rings. The van der Waals surface area contributed by atoms with E-state index in [0.717, 1.165) is 25.1 Å². The second-order valence-electron chi connectivity index (χ2n) is 2.53. The Bertz CT molecular complexity index is 243. The van der Waals surface area contributed by atoms with Crippen LogP contribution in [0.1, 0.15) is 25.6 Å². The van der Waals surface area contributed by atoms with E-state index in [0.29, 0.717) is 10.3 Å². The molecule has 0 saturated heterocycles. The normalized spacial score (nSPS) is 10.2. The highest BCUT2D eigenvalue weighted by atomic mass is 35.5. The molecule has 2 nitrogen and oxygen atoms in total. The molecule has 66 valence electrons. The van der Waals surface area contributed by atoms with Crippen molar-refractivity contribution in [1.29, 1.82) is 0 Å². The zero-order valence-corrected chi connectivity index (χ0v) is 8.36. The topological polar surface area (TPSA) is 25.8 Å². The number of aromatic nitrogens is 2. The van der Waals surface area contributed by atoms with Crippen molar-refractivity contribution in [2.75, 3.05) is 0 Å². The van der Waals surface area contributed by atoms with Crippen molar-refractivity contribution < 1.29 is 0 Å². The van der Waals surface area contributed by atoms with Gasteiger partial charge in [-0.25, -0.2) is 9.97 Å². The van der Waals surface area contributed by atoms with Crippen LogP contribution in [0.25, 0.3) is 0 Å². The smallest absolute Gasteiger partial charge is 0.134 e. The third-order valence-electron chi connectivity index (χ3n) is 1.46. The molecule has 0 saturated carbocycles. The molecule has 0 aliphatic heterocycles. The Morgan fingerprint density at radius 1 is 1.25 bits per heavy atom. The molecule has 0 bridgehead atoms. The quantitative estimate of drug-likeness (QED) is 0.708. The molecule has 0 aliphatic carbocycles. The second kappa shape index (κ2) is 4.63. The van der Waals surface area contributed by atoms with Crippen molar-refractivity contribution in [2.45, 2.75) is 26.2 Å². The molecule has 0 aliphatic rings. The summed E-state index contributed by atoms with van der Waals surface area (Å²) in [7, 11) is 0. The van der Waals surface area contributed by atoms with E-state index < -0.39 is 0 Å². The summed E-state index contributed by atoms with van der Waals surface area (Å²) in [5, 5.41) is 0.835. The molecular formula is C8H10Cl2N2. The molecule has 12 heavy (non-hydrogen) atoms. The van der Waals surface area contributed by atoms with Crippen LogP contribution >= 0.6 is 23.2 Å². The molecule has 0 atom stereocenters. The predicted molar refractivity (Wildman–Crippen MR) is 50.7 cm³/mol. The first-order valence-electron chi connectivity index (χ1n) is 3.91. The summed E-state index contributed by atoms with van der Waals surface area (Å²) in [4.78, 5) is 8.08. The number of halogens is 2. The maximum absolute atomic E-state index is 5.69. The molecule has 0 radical (unpaired) electrons. The lowest BCUT2D eigenvalue weighted by molar-refractivity contribution is 0.752. The van der Waals surface area contributed by atoms with Crippen molar-refractivity contribution in [1.82, 2.24) is 9.97 Å². The lowest BCUT2D eigenvalue weighted by Crippen LogP contribution is -1.95. The van der Waals surface area contributed by atoms with Crippen LogP contribution in [0.3, 0.4) is 0 Å². The van der Waals surface area contributed by atoms with Crippen LogP contribution in [0, 0.1) is 0 Å². The maximum atomic E-state index is 5.69. The maximum Gasteiger partial charge on any atom is 0.134 e. The van der Waals surface area contributed by atoms with Gasteiger partial charge < -0.3 is 0 Å². The highest BCUT2D eigenvalue weighted by Gasteiger charge is 2.00. The third-order valence-corrected chi connectivity index (χ3v) is 1.85. The number of aryl methyl sites for hydroxylation is 1. The summed E-state index contributed by atoms with van der Waals surface area (Å²) >= 11 is 11.4. The van der Waals surface area contributed by atoms with E-state index in [1.54, 1.807) is 6.07 Å². The molecule has 0 N–H and O–H groups in total. The molecule has 0 spiro atoms. The van der Waals surface area contributed by atoms with E-state index in [4.69, 9.17) is 23.2 Å². The summed E-state index contributed by atoms with van der Waals surface area (Å²) in [5.74, 6) is 0.731. The fourth-order valence-corrected chi connectivity index (χ4v) is 1.34. The molecular weight excluding hydrogens is 195 g/mol. The lowest BCUT2D eigenvalue weighted by Gasteiger charge is -1.98. The first-order valence-corrected chi connectivity index (χ1v) is 4.67. The molecule has 1 aromatic rings. The van der Waals surface area contributed by atoms with Crippen LogP contribution in [-0.4, -0.2) is 9.97 Å². The van der Waals surface area contributed by atoms with Gasteiger partial charge in [-0.15, -0.1) is 0 Å². The van der Waals surface area contributed by atoms with Crippen molar-refractivity contribution in [2.24, 2.45) is 0 Å². The highest BCUT2D eigenvalue weighted by Crippen LogP contribution is 2.12. The predicted octanol–water partition coefficient (Wildman–Crippen LogP) is 3.13. The Labute approximate surface area is 81.9 Å². The Kier molecular flexibility index (Phi) is 3.76. The van der Waals surface area contributed by atoms with Gasteiger partial charge in [-0.3, -0.25) is 0 Å². The summed E-state index contributed by atoms with van der Waals surface area (Å²) in [6.45, 7) is 2.12. The van der Waals surface area contributed by atoms with Crippen LogP contribution in [0.4, 0.5) is 0 Å². The minimum absolute atomic E-state index is 0.418. The number of nitrogens with zero attached hydrogens (tertiary/aromatic N) is 2. The molecule has 1 heterocycles. The summed E-state index contributed by atoms with van der Waals surface area (Å²) in [5.41, 5.74) is 0. The molecule has 1 aromatic heterocycles. The van der Waals surface area contributed by atoms with Gasteiger partial charge in [0.1, 0.15) is 16.1 Å². The van der Waals surface area contributed by atoms with Crippen molar-refractivity contribution in [3.8, 4) is 0 Å².